The second-order valence-corrected chi connectivity index (χ2v) is 6.02. The summed E-state index contributed by atoms with van der Waals surface area (Å²) in [5.74, 6) is 0.00389. The monoisotopic (exact) mass is 305 g/mol. The first-order valence-electron chi connectivity index (χ1n) is 7.28. The minimum atomic E-state index is -0.193. The Labute approximate surface area is 131 Å². The smallest absolute Gasteiger partial charge is 0.123 e. The summed E-state index contributed by atoms with van der Waals surface area (Å²) >= 11 is 6.26. The summed E-state index contributed by atoms with van der Waals surface area (Å²) in [5, 5.41) is 4.20. The van der Waals surface area contributed by atoms with Crippen molar-refractivity contribution in [1.29, 1.82) is 0 Å². The van der Waals surface area contributed by atoms with Crippen LogP contribution in [0, 0.1) is 5.82 Å². The fourth-order valence-corrected chi connectivity index (χ4v) is 2.59. The molecule has 1 nitrogen and oxygen atoms in total. The van der Waals surface area contributed by atoms with Crippen molar-refractivity contribution >= 4 is 11.6 Å². The fraction of sp³-hybridized carbons (Fsp3) is 0.333. The van der Waals surface area contributed by atoms with Gasteiger partial charge in [-0.05, 0) is 35.7 Å². The van der Waals surface area contributed by atoms with E-state index in [-0.39, 0.29) is 11.7 Å². The molecule has 0 amide bonds. The Balaban J connectivity index is 2.21. The van der Waals surface area contributed by atoms with Crippen molar-refractivity contribution in [3.05, 3.63) is 70.5 Å². The second-order valence-electron chi connectivity index (χ2n) is 5.61. The van der Waals surface area contributed by atoms with E-state index >= 15 is 0 Å². The van der Waals surface area contributed by atoms with Crippen LogP contribution in [0.3, 0.4) is 0 Å². The molecule has 0 heterocycles. The van der Waals surface area contributed by atoms with Gasteiger partial charge in [0.1, 0.15) is 5.82 Å². The normalized spacial score (nSPS) is 12.6. The summed E-state index contributed by atoms with van der Waals surface area (Å²) < 4.78 is 13.5. The molecule has 3 heteroatoms. The van der Waals surface area contributed by atoms with Crippen molar-refractivity contribution in [1.82, 2.24) is 5.32 Å². The van der Waals surface area contributed by atoms with Crippen molar-refractivity contribution in [3.8, 4) is 0 Å². The average molecular weight is 306 g/mol. The number of hydrogen-bond donors (Lipinski definition) is 1. The lowest BCUT2D eigenvalue weighted by Crippen LogP contribution is -2.29. The Bertz CT molecular complexity index is 583. The third kappa shape index (κ3) is 4.83. The molecule has 0 fully saturated rings. The number of rotatable bonds is 6. The molecule has 0 spiro atoms. The first-order valence-corrected chi connectivity index (χ1v) is 7.66. The molecule has 2 rings (SSSR count). The van der Waals surface area contributed by atoms with Crippen molar-refractivity contribution in [2.45, 2.75) is 32.2 Å². The molecule has 1 atom stereocenters. The van der Waals surface area contributed by atoms with Crippen LogP contribution < -0.4 is 5.32 Å². The standard InChI is InChI=1S/C18H21ClFN/c1-13(2)21-12-16(14-7-5-8-17(20)11-14)10-15-6-3-4-9-18(15)19/h3-9,11,13,16,21H,10,12H2,1-2H3. The summed E-state index contributed by atoms with van der Waals surface area (Å²) in [4.78, 5) is 0. The Morgan fingerprint density at radius 3 is 2.52 bits per heavy atom. The van der Waals surface area contributed by atoms with E-state index in [0.29, 0.717) is 6.04 Å². The van der Waals surface area contributed by atoms with E-state index in [9.17, 15) is 4.39 Å². The SMILES string of the molecule is CC(C)NCC(Cc1ccccc1Cl)c1cccc(F)c1. The van der Waals surface area contributed by atoms with Crippen LogP contribution >= 0.6 is 11.6 Å². The van der Waals surface area contributed by atoms with Crippen LogP contribution in [0.25, 0.3) is 0 Å². The third-order valence-electron chi connectivity index (χ3n) is 3.52. The van der Waals surface area contributed by atoms with Crippen LogP contribution in [-0.2, 0) is 6.42 Å². The summed E-state index contributed by atoms with van der Waals surface area (Å²) in [7, 11) is 0. The van der Waals surface area contributed by atoms with E-state index in [1.807, 2.05) is 30.3 Å². The summed E-state index contributed by atoms with van der Waals surface area (Å²) in [6.07, 6.45) is 0.794. The molecule has 0 saturated carbocycles. The molecule has 0 radical (unpaired) electrons. The highest BCUT2D eigenvalue weighted by molar-refractivity contribution is 6.31. The van der Waals surface area contributed by atoms with Crippen LogP contribution in [0.4, 0.5) is 4.39 Å². The van der Waals surface area contributed by atoms with Gasteiger partial charge in [-0.2, -0.15) is 0 Å². The number of hydrogen-bond acceptors (Lipinski definition) is 1. The van der Waals surface area contributed by atoms with Crippen LogP contribution in [0.5, 0.6) is 0 Å². The summed E-state index contributed by atoms with van der Waals surface area (Å²) in [5.41, 5.74) is 2.10. The topological polar surface area (TPSA) is 12.0 Å². The lowest BCUT2D eigenvalue weighted by molar-refractivity contribution is 0.524. The van der Waals surface area contributed by atoms with Gasteiger partial charge in [0.25, 0.3) is 0 Å². The molecule has 0 aromatic heterocycles. The maximum atomic E-state index is 13.5. The van der Waals surface area contributed by atoms with Gasteiger partial charge in [-0.15, -0.1) is 0 Å². The van der Waals surface area contributed by atoms with E-state index in [0.717, 1.165) is 29.1 Å². The molecule has 112 valence electrons. The van der Waals surface area contributed by atoms with E-state index < -0.39 is 0 Å². The van der Waals surface area contributed by atoms with Gasteiger partial charge in [-0.1, -0.05) is 55.8 Å². The van der Waals surface area contributed by atoms with E-state index in [2.05, 4.69) is 19.2 Å². The summed E-state index contributed by atoms with van der Waals surface area (Å²) in [6.45, 7) is 5.02. The maximum absolute atomic E-state index is 13.5. The molecule has 0 saturated heterocycles. The van der Waals surface area contributed by atoms with Gasteiger partial charge in [0.15, 0.2) is 0 Å². The van der Waals surface area contributed by atoms with Crippen LogP contribution in [0.2, 0.25) is 5.02 Å². The third-order valence-corrected chi connectivity index (χ3v) is 3.89. The first-order chi connectivity index (χ1) is 10.1. The quantitative estimate of drug-likeness (QED) is 0.808. The Kier molecular flexibility index (Phi) is 5.77. The number of benzene rings is 2. The molecular formula is C18H21ClFN. The Hall–Kier alpha value is -1.38. The molecule has 21 heavy (non-hydrogen) atoms. The van der Waals surface area contributed by atoms with Gasteiger partial charge in [0.05, 0.1) is 0 Å². The Morgan fingerprint density at radius 1 is 1.10 bits per heavy atom. The molecule has 0 aliphatic heterocycles. The van der Waals surface area contributed by atoms with Crippen molar-refractivity contribution in [2.75, 3.05) is 6.54 Å². The fourth-order valence-electron chi connectivity index (χ4n) is 2.38. The van der Waals surface area contributed by atoms with Crippen LogP contribution in [-0.4, -0.2) is 12.6 Å². The van der Waals surface area contributed by atoms with Gasteiger partial charge in [0.2, 0.25) is 0 Å². The predicted octanol–water partition coefficient (Wildman–Crippen LogP) is 4.80. The zero-order chi connectivity index (χ0) is 15.2. The van der Waals surface area contributed by atoms with E-state index in [1.54, 1.807) is 12.1 Å². The van der Waals surface area contributed by atoms with Crippen molar-refractivity contribution in [2.24, 2.45) is 0 Å². The van der Waals surface area contributed by atoms with Gasteiger partial charge in [-0.3, -0.25) is 0 Å². The highest BCUT2D eigenvalue weighted by Crippen LogP contribution is 2.25. The number of nitrogens with one attached hydrogen (secondary N) is 1. The van der Waals surface area contributed by atoms with Crippen LogP contribution in [0.1, 0.15) is 30.9 Å². The lowest BCUT2D eigenvalue weighted by atomic mass is 9.91. The number of halogens is 2. The molecule has 2 aromatic carbocycles. The summed E-state index contributed by atoms with van der Waals surface area (Å²) in [6, 6.07) is 15.1. The van der Waals surface area contributed by atoms with Gasteiger partial charge in [0, 0.05) is 23.5 Å². The molecule has 1 unspecified atom stereocenters. The second kappa shape index (κ2) is 7.58. The first kappa shape index (κ1) is 16.0. The van der Waals surface area contributed by atoms with Gasteiger partial charge >= 0.3 is 0 Å². The molecule has 0 aliphatic rings. The molecular weight excluding hydrogens is 285 g/mol. The average Bonchev–Trinajstić information content (AvgIpc) is 2.45. The largest absolute Gasteiger partial charge is 0.314 e. The lowest BCUT2D eigenvalue weighted by Gasteiger charge is -2.20. The molecule has 1 N–H and O–H groups in total. The van der Waals surface area contributed by atoms with Crippen molar-refractivity contribution in [3.63, 3.8) is 0 Å². The van der Waals surface area contributed by atoms with Crippen LogP contribution in [0.15, 0.2) is 48.5 Å². The Morgan fingerprint density at radius 2 is 1.86 bits per heavy atom. The van der Waals surface area contributed by atoms with E-state index in [4.69, 9.17) is 11.6 Å². The highest BCUT2D eigenvalue weighted by Gasteiger charge is 2.15. The van der Waals surface area contributed by atoms with E-state index in [1.165, 1.54) is 6.07 Å². The minimum Gasteiger partial charge on any atom is -0.314 e. The minimum absolute atomic E-state index is 0.193. The zero-order valence-corrected chi connectivity index (χ0v) is 13.2. The van der Waals surface area contributed by atoms with Gasteiger partial charge in [-0.25, -0.2) is 4.39 Å². The zero-order valence-electron chi connectivity index (χ0n) is 12.4. The van der Waals surface area contributed by atoms with Gasteiger partial charge < -0.3 is 5.32 Å². The molecule has 0 bridgehead atoms. The van der Waals surface area contributed by atoms with Crippen molar-refractivity contribution < 1.29 is 4.39 Å². The molecule has 0 aliphatic carbocycles. The highest BCUT2D eigenvalue weighted by atomic mass is 35.5. The maximum Gasteiger partial charge on any atom is 0.123 e. The predicted molar refractivity (Wildman–Crippen MR) is 87.4 cm³/mol. The molecule has 2 aromatic rings.